The van der Waals surface area contributed by atoms with Gasteiger partial charge in [0.25, 0.3) is 0 Å². The number of amides is 2. The number of aliphatic hydroxyl groups is 1. The van der Waals surface area contributed by atoms with Crippen molar-refractivity contribution in [1.29, 1.82) is 0 Å². The van der Waals surface area contributed by atoms with E-state index < -0.39 is 0 Å². The lowest BCUT2D eigenvalue weighted by Crippen LogP contribution is -2.29. The molecule has 7 nitrogen and oxygen atoms in total. The van der Waals surface area contributed by atoms with E-state index in [4.69, 9.17) is 4.74 Å². The number of nitrogens with one attached hydrogen (secondary N) is 2. The summed E-state index contributed by atoms with van der Waals surface area (Å²) < 4.78 is 8.04. The van der Waals surface area contributed by atoms with Crippen molar-refractivity contribution in [3.8, 4) is 17.0 Å². The predicted molar refractivity (Wildman–Crippen MR) is 122 cm³/mol. The first-order chi connectivity index (χ1) is 15.1. The molecule has 0 aliphatic heterocycles. The molecule has 0 radical (unpaired) electrons. The average molecular weight is 423 g/mol. The molecule has 1 aromatic heterocycles. The van der Waals surface area contributed by atoms with E-state index in [1.807, 2.05) is 66.9 Å². The van der Waals surface area contributed by atoms with Gasteiger partial charge in [0, 0.05) is 18.7 Å². The lowest BCUT2D eigenvalue weighted by atomic mass is 10.1. The van der Waals surface area contributed by atoms with Crippen molar-refractivity contribution in [2.75, 3.05) is 18.5 Å². The van der Waals surface area contributed by atoms with Gasteiger partial charge in [0.15, 0.2) is 0 Å². The third-order valence-electron chi connectivity index (χ3n) is 4.92. The van der Waals surface area contributed by atoms with Crippen LogP contribution in [0.1, 0.15) is 31.0 Å². The second kappa shape index (κ2) is 11.2. The lowest BCUT2D eigenvalue weighted by Gasteiger charge is -2.16. The number of imidazole rings is 1. The summed E-state index contributed by atoms with van der Waals surface area (Å²) in [5, 5.41) is 15.4. The summed E-state index contributed by atoms with van der Waals surface area (Å²) in [5.74, 6) is 0.650. The second-order valence-electron chi connectivity index (χ2n) is 7.29. The normalized spacial score (nSPS) is 10.7. The van der Waals surface area contributed by atoms with Crippen LogP contribution in [-0.2, 0) is 13.2 Å². The number of rotatable bonds is 10. The van der Waals surface area contributed by atoms with Crippen LogP contribution in [0.15, 0.2) is 54.9 Å². The van der Waals surface area contributed by atoms with E-state index in [1.54, 1.807) is 6.33 Å². The Morgan fingerprint density at radius 1 is 1.16 bits per heavy atom. The Labute approximate surface area is 183 Å². The standard InChI is InChI=1S/C24H30N4O3/c1-3-13-25-24(30)27-22-18(2)9-7-12-21(22)31-15-8-14-28-17-26-20(16-29)23(28)19-10-5-4-6-11-19/h4-7,9-12,17,29H,3,8,13-16H2,1-2H3,(H2,25,27,30). The van der Waals surface area contributed by atoms with Crippen molar-refractivity contribution < 1.29 is 14.6 Å². The Bertz CT molecular complexity index is 986. The van der Waals surface area contributed by atoms with Crippen molar-refractivity contribution in [1.82, 2.24) is 14.9 Å². The van der Waals surface area contributed by atoms with E-state index in [0.29, 0.717) is 36.8 Å². The zero-order chi connectivity index (χ0) is 22.1. The van der Waals surface area contributed by atoms with E-state index >= 15 is 0 Å². The fourth-order valence-electron chi connectivity index (χ4n) is 3.37. The van der Waals surface area contributed by atoms with Crippen molar-refractivity contribution in [3.63, 3.8) is 0 Å². The maximum Gasteiger partial charge on any atom is 0.319 e. The topological polar surface area (TPSA) is 88.4 Å². The number of carbonyl (C=O) groups is 1. The number of anilines is 1. The maximum atomic E-state index is 12.1. The van der Waals surface area contributed by atoms with Gasteiger partial charge < -0.3 is 25.0 Å². The summed E-state index contributed by atoms with van der Waals surface area (Å²) in [6.45, 7) is 5.65. The summed E-state index contributed by atoms with van der Waals surface area (Å²) in [5.41, 5.74) is 4.24. The van der Waals surface area contributed by atoms with Crippen LogP contribution in [0.25, 0.3) is 11.3 Å². The fraction of sp³-hybridized carbons (Fsp3) is 0.333. The predicted octanol–water partition coefficient (Wildman–Crippen LogP) is 4.35. The number of ether oxygens (including phenoxy) is 1. The molecule has 0 atom stereocenters. The van der Waals surface area contributed by atoms with E-state index in [-0.39, 0.29) is 12.6 Å². The third-order valence-corrected chi connectivity index (χ3v) is 4.92. The smallest absolute Gasteiger partial charge is 0.319 e. The number of para-hydroxylation sites is 1. The first-order valence-corrected chi connectivity index (χ1v) is 10.6. The van der Waals surface area contributed by atoms with Crippen molar-refractivity contribution in [2.45, 2.75) is 39.8 Å². The van der Waals surface area contributed by atoms with Gasteiger partial charge in [-0.15, -0.1) is 0 Å². The van der Waals surface area contributed by atoms with E-state index in [1.165, 1.54) is 0 Å². The number of hydrogen-bond donors (Lipinski definition) is 3. The maximum absolute atomic E-state index is 12.1. The third kappa shape index (κ3) is 5.86. The first kappa shape index (κ1) is 22.4. The van der Waals surface area contributed by atoms with Crippen LogP contribution in [0.2, 0.25) is 0 Å². The highest BCUT2D eigenvalue weighted by atomic mass is 16.5. The second-order valence-corrected chi connectivity index (χ2v) is 7.29. The van der Waals surface area contributed by atoms with Gasteiger partial charge in [-0.2, -0.15) is 0 Å². The quantitative estimate of drug-likeness (QED) is 0.424. The first-order valence-electron chi connectivity index (χ1n) is 10.6. The van der Waals surface area contributed by atoms with Gasteiger partial charge in [-0.25, -0.2) is 9.78 Å². The molecule has 2 aromatic carbocycles. The number of aliphatic hydroxyl groups excluding tert-OH is 1. The molecule has 0 aliphatic carbocycles. The number of urea groups is 1. The van der Waals surface area contributed by atoms with Crippen LogP contribution in [0.5, 0.6) is 5.75 Å². The molecule has 0 aliphatic rings. The van der Waals surface area contributed by atoms with Gasteiger partial charge in [0.1, 0.15) is 5.75 Å². The Hall–Kier alpha value is -3.32. The molecular formula is C24H30N4O3. The SMILES string of the molecule is CCCNC(=O)Nc1c(C)cccc1OCCCn1cnc(CO)c1-c1ccccc1. The molecule has 3 aromatic rings. The summed E-state index contributed by atoms with van der Waals surface area (Å²) >= 11 is 0. The highest BCUT2D eigenvalue weighted by Crippen LogP contribution is 2.28. The highest BCUT2D eigenvalue weighted by molar-refractivity contribution is 5.91. The molecule has 0 fully saturated rings. The minimum Gasteiger partial charge on any atom is -0.491 e. The minimum absolute atomic E-state index is 0.105. The zero-order valence-corrected chi connectivity index (χ0v) is 18.1. The number of hydrogen-bond acceptors (Lipinski definition) is 4. The average Bonchev–Trinajstić information content (AvgIpc) is 3.20. The summed E-state index contributed by atoms with van der Waals surface area (Å²) in [7, 11) is 0. The number of carbonyl (C=O) groups excluding carboxylic acids is 1. The molecular weight excluding hydrogens is 392 g/mol. The highest BCUT2D eigenvalue weighted by Gasteiger charge is 2.13. The van der Waals surface area contributed by atoms with E-state index in [9.17, 15) is 9.90 Å². The molecule has 0 saturated heterocycles. The fourth-order valence-corrected chi connectivity index (χ4v) is 3.37. The summed E-state index contributed by atoms with van der Waals surface area (Å²) in [6.07, 6.45) is 3.38. The Kier molecular flexibility index (Phi) is 8.06. The van der Waals surface area contributed by atoms with Gasteiger partial charge in [0.2, 0.25) is 0 Å². The van der Waals surface area contributed by atoms with Crippen molar-refractivity contribution >= 4 is 11.7 Å². The van der Waals surface area contributed by atoms with Gasteiger partial charge >= 0.3 is 6.03 Å². The number of nitrogens with zero attached hydrogens (tertiary/aromatic N) is 2. The monoisotopic (exact) mass is 422 g/mol. The molecule has 7 heteroatoms. The lowest BCUT2D eigenvalue weighted by molar-refractivity contribution is 0.251. The number of aromatic nitrogens is 2. The van der Waals surface area contributed by atoms with Crippen LogP contribution < -0.4 is 15.4 Å². The van der Waals surface area contributed by atoms with Gasteiger partial charge in [0.05, 0.1) is 36.6 Å². The molecule has 31 heavy (non-hydrogen) atoms. The van der Waals surface area contributed by atoms with E-state index in [2.05, 4.69) is 15.6 Å². The molecule has 3 rings (SSSR count). The van der Waals surface area contributed by atoms with Crippen LogP contribution in [0, 0.1) is 6.92 Å². The van der Waals surface area contributed by atoms with Crippen LogP contribution in [0.3, 0.4) is 0 Å². The van der Waals surface area contributed by atoms with Crippen molar-refractivity contribution in [2.24, 2.45) is 0 Å². The Balaban J connectivity index is 1.63. The molecule has 164 valence electrons. The van der Waals surface area contributed by atoms with Crippen molar-refractivity contribution in [3.05, 3.63) is 66.1 Å². The van der Waals surface area contributed by atoms with Gasteiger partial charge in [-0.3, -0.25) is 0 Å². The molecule has 0 saturated carbocycles. The van der Waals surface area contributed by atoms with E-state index in [0.717, 1.165) is 29.7 Å². The van der Waals surface area contributed by atoms with Gasteiger partial charge in [-0.05, 0) is 31.4 Å². The zero-order valence-electron chi connectivity index (χ0n) is 18.1. The minimum atomic E-state index is -0.233. The Morgan fingerprint density at radius 2 is 1.97 bits per heavy atom. The largest absolute Gasteiger partial charge is 0.491 e. The summed E-state index contributed by atoms with van der Waals surface area (Å²) in [6, 6.07) is 15.4. The molecule has 0 bridgehead atoms. The molecule has 0 unspecified atom stereocenters. The van der Waals surface area contributed by atoms with Crippen LogP contribution in [-0.4, -0.2) is 33.8 Å². The van der Waals surface area contributed by atoms with Crippen LogP contribution >= 0.6 is 0 Å². The molecule has 3 N–H and O–H groups in total. The Morgan fingerprint density at radius 3 is 2.71 bits per heavy atom. The molecule has 1 heterocycles. The van der Waals surface area contributed by atoms with Crippen LogP contribution in [0.4, 0.5) is 10.5 Å². The number of benzene rings is 2. The van der Waals surface area contributed by atoms with Gasteiger partial charge in [-0.1, -0.05) is 49.4 Å². The number of aryl methyl sites for hydroxylation is 2. The molecule has 2 amide bonds. The summed E-state index contributed by atoms with van der Waals surface area (Å²) in [4.78, 5) is 16.4. The molecule has 0 spiro atoms.